The summed E-state index contributed by atoms with van der Waals surface area (Å²) in [5.74, 6) is 0.677. The van der Waals surface area contributed by atoms with Gasteiger partial charge in [0, 0.05) is 22.9 Å². The highest BCUT2D eigenvalue weighted by atomic mass is 35.5. The number of hydrogen-bond donors (Lipinski definition) is 0. The molecule has 0 aliphatic rings. The zero-order valence-electron chi connectivity index (χ0n) is 17.5. The van der Waals surface area contributed by atoms with E-state index in [4.69, 9.17) is 32.7 Å². The first-order valence-corrected chi connectivity index (χ1v) is 11.0. The van der Waals surface area contributed by atoms with Gasteiger partial charge in [-0.05, 0) is 74.2 Å². The van der Waals surface area contributed by atoms with Crippen LogP contribution in [0.25, 0.3) is 0 Å². The van der Waals surface area contributed by atoms with E-state index in [0.29, 0.717) is 34.4 Å². The summed E-state index contributed by atoms with van der Waals surface area (Å²) in [6.45, 7) is 3.72. The third-order valence-corrected chi connectivity index (χ3v) is 5.20. The second kappa shape index (κ2) is 12.6. The Kier molecular flexibility index (Phi) is 10.2. The quantitative estimate of drug-likeness (QED) is 0.205. The smallest absolute Gasteiger partial charge is 0.311 e. The van der Waals surface area contributed by atoms with Crippen LogP contribution < -0.4 is 9.47 Å². The molecule has 0 saturated carbocycles. The lowest BCUT2D eigenvalue weighted by molar-refractivity contribution is -0.135. The fraction of sp³-hybridized carbons (Fsp3) is 0.417. The van der Waals surface area contributed by atoms with Crippen LogP contribution in [0.3, 0.4) is 0 Å². The van der Waals surface area contributed by atoms with Crippen LogP contribution in [0.1, 0.15) is 62.5 Å². The lowest BCUT2D eigenvalue weighted by Crippen LogP contribution is -2.08. The summed E-state index contributed by atoms with van der Waals surface area (Å²) >= 11 is 11.8. The number of benzene rings is 2. The van der Waals surface area contributed by atoms with E-state index in [2.05, 4.69) is 0 Å². The van der Waals surface area contributed by atoms with E-state index in [9.17, 15) is 9.59 Å². The molecule has 30 heavy (non-hydrogen) atoms. The van der Waals surface area contributed by atoms with Gasteiger partial charge < -0.3 is 9.47 Å². The second-order valence-corrected chi connectivity index (χ2v) is 8.26. The molecule has 162 valence electrons. The molecule has 0 aliphatic heterocycles. The van der Waals surface area contributed by atoms with Gasteiger partial charge in [-0.3, -0.25) is 9.59 Å². The summed E-state index contributed by atoms with van der Waals surface area (Å²) < 4.78 is 10.8. The predicted octanol–water partition coefficient (Wildman–Crippen LogP) is 7.24. The Morgan fingerprint density at radius 2 is 1.03 bits per heavy atom. The molecule has 0 unspecified atom stereocenters. The average molecular weight is 451 g/mol. The van der Waals surface area contributed by atoms with Crippen molar-refractivity contribution in [2.45, 2.75) is 65.2 Å². The van der Waals surface area contributed by atoms with E-state index in [1.165, 1.54) is 0 Å². The highest BCUT2D eigenvalue weighted by Gasteiger charge is 2.09. The molecule has 0 N–H and O–H groups in total. The largest absolute Gasteiger partial charge is 0.426 e. The summed E-state index contributed by atoms with van der Waals surface area (Å²) in [6, 6.07) is 10.4. The van der Waals surface area contributed by atoms with Crippen LogP contribution in [0, 0.1) is 13.8 Å². The molecule has 0 amide bonds. The van der Waals surface area contributed by atoms with E-state index in [-0.39, 0.29) is 11.9 Å². The minimum Gasteiger partial charge on any atom is -0.426 e. The van der Waals surface area contributed by atoms with E-state index in [1.807, 2.05) is 13.8 Å². The Bertz CT molecular complexity index is 793. The van der Waals surface area contributed by atoms with Gasteiger partial charge in [0.25, 0.3) is 0 Å². The highest BCUT2D eigenvalue weighted by molar-refractivity contribution is 6.31. The first-order chi connectivity index (χ1) is 14.3. The molecule has 2 rings (SSSR count). The third kappa shape index (κ3) is 8.76. The van der Waals surface area contributed by atoms with E-state index >= 15 is 0 Å². The number of ether oxygens (including phenoxy) is 2. The number of halogens is 2. The number of esters is 2. The van der Waals surface area contributed by atoms with Gasteiger partial charge in [-0.1, -0.05) is 48.9 Å². The molecule has 0 fully saturated rings. The van der Waals surface area contributed by atoms with Gasteiger partial charge in [-0.15, -0.1) is 0 Å². The molecule has 2 aromatic rings. The zero-order chi connectivity index (χ0) is 21.9. The number of carbonyl (C=O) groups is 2. The van der Waals surface area contributed by atoms with Crippen molar-refractivity contribution in [1.82, 2.24) is 0 Å². The first-order valence-electron chi connectivity index (χ1n) is 10.3. The van der Waals surface area contributed by atoms with Gasteiger partial charge in [-0.25, -0.2) is 0 Å². The number of aryl methyl sites for hydroxylation is 2. The zero-order valence-corrected chi connectivity index (χ0v) is 19.0. The number of carbonyl (C=O) groups excluding carboxylic acids is 2. The van der Waals surface area contributed by atoms with Gasteiger partial charge in [0.1, 0.15) is 11.5 Å². The van der Waals surface area contributed by atoms with Crippen molar-refractivity contribution in [3.8, 4) is 11.5 Å². The summed E-state index contributed by atoms with van der Waals surface area (Å²) in [5.41, 5.74) is 1.70. The Labute approximate surface area is 188 Å². The van der Waals surface area contributed by atoms with Crippen LogP contribution in [0.5, 0.6) is 11.5 Å². The van der Waals surface area contributed by atoms with E-state index < -0.39 is 0 Å². The molecule has 0 saturated heterocycles. The minimum absolute atomic E-state index is 0.222. The molecule has 0 spiro atoms. The van der Waals surface area contributed by atoms with Crippen molar-refractivity contribution >= 4 is 35.1 Å². The van der Waals surface area contributed by atoms with E-state index in [0.717, 1.165) is 49.7 Å². The summed E-state index contributed by atoms with van der Waals surface area (Å²) in [5, 5.41) is 1.25. The molecule has 4 nitrogen and oxygen atoms in total. The Morgan fingerprint density at radius 1 is 0.667 bits per heavy atom. The SMILES string of the molecule is Cc1cc(Cl)ccc1OC(=O)CCCCCCCCC(=O)Oc1ccc(Cl)cc1C. The van der Waals surface area contributed by atoms with Crippen molar-refractivity contribution in [3.05, 3.63) is 57.6 Å². The van der Waals surface area contributed by atoms with Crippen molar-refractivity contribution in [2.24, 2.45) is 0 Å². The Morgan fingerprint density at radius 3 is 1.40 bits per heavy atom. The minimum atomic E-state index is -0.222. The number of hydrogen-bond acceptors (Lipinski definition) is 4. The van der Waals surface area contributed by atoms with Gasteiger partial charge >= 0.3 is 11.9 Å². The summed E-state index contributed by atoms with van der Waals surface area (Å²) in [4.78, 5) is 23.9. The van der Waals surface area contributed by atoms with Gasteiger partial charge in [-0.2, -0.15) is 0 Å². The molecule has 0 heterocycles. The van der Waals surface area contributed by atoms with Crippen LogP contribution in [-0.4, -0.2) is 11.9 Å². The second-order valence-electron chi connectivity index (χ2n) is 7.39. The molecule has 0 aliphatic carbocycles. The van der Waals surface area contributed by atoms with Crippen LogP contribution in [0.15, 0.2) is 36.4 Å². The Hall–Kier alpha value is -2.04. The molecule has 0 atom stereocenters. The van der Waals surface area contributed by atoms with Crippen molar-refractivity contribution in [2.75, 3.05) is 0 Å². The summed E-state index contributed by atoms with van der Waals surface area (Å²) in [6.07, 6.45) is 6.36. The lowest BCUT2D eigenvalue weighted by atomic mass is 10.1. The lowest BCUT2D eigenvalue weighted by Gasteiger charge is -2.08. The molecule has 0 radical (unpaired) electrons. The van der Waals surface area contributed by atoms with Crippen molar-refractivity contribution < 1.29 is 19.1 Å². The van der Waals surface area contributed by atoms with Gasteiger partial charge in [0.2, 0.25) is 0 Å². The van der Waals surface area contributed by atoms with Crippen LogP contribution in [-0.2, 0) is 9.59 Å². The average Bonchev–Trinajstić information content (AvgIpc) is 2.68. The van der Waals surface area contributed by atoms with Crippen LogP contribution >= 0.6 is 23.2 Å². The standard InChI is InChI=1S/C24H28Cl2O4/c1-17-15-19(25)11-13-21(17)29-23(27)9-7-5-3-4-6-8-10-24(28)30-22-14-12-20(26)16-18(22)2/h11-16H,3-10H2,1-2H3. The molecular formula is C24H28Cl2O4. The topological polar surface area (TPSA) is 52.6 Å². The molecular weight excluding hydrogens is 423 g/mol. The number of unbranched alkanes of at least 4 members (excludes halogenated alkanes) is 5. The van der Waals surface area contributed by atoms with Crippen molar-refractivity contribution in [3.63, 3.8) is 0 Å². The molecule has 2 aromatic carbocycles. The summed E-state index contributed by atoms with van der Waals surface area (Å²) in [7, 11) is 0. The van der Waals surface area contributed by atoms with Gasteiger partial charge in [0.15, 0.2) is 0 Å². The maximum Gasteiger partial charge on any atom is 0.311 e. The molecule has 6 heteroatoms. The fourth-order valence-corrected chi connectivity index (χ4v) is 3.50. The fourth-order valence-electron chi connectivity index (χ4n) is 3.05. The maximum absolute atomic E-state index is 11.9. The first kappa shape index (κ1) is 24.2. The predicted molar refractivity (Wildman–Crippen MR) is 121 cm³/mol. The van der Waals surface area contributed by atoms with Crippen LogP contribution in [0.2, 0.25) is 10.0 Å². The monoisotopic (exact) mass is 450 g/mol. The molecule has 0 bridgehead atoms. The maximum atomic E-state index is 11.9. The van der Waals surface area contributed by atoms with Crippen LogP contribution in [0.4, 0.5) is 0 Å². The molecule has 0 aromatic heterocycles. The normalized spacial score (nSPS) is 10.7. The third-order valence-electron chi connectivity index (χ3n) is 4.73. The van der Waals surface area contributed by atoms with Gasteiger partial charge in [0.05, 0.1) is 0 Å². The number of rotatable bonds is 11. The Balaban J connectivity index is 1.51. The highest BCUT2D eigenvalue weighted by Crippen LogP contribution is 2.23. The van der Waals surface area contributed by atoms with E-state index in [1.54, 1.807) is 36.4 Å². The van der Waals surface area contributed by atoms with Crippen molar-refractivity contribution in [1.29, 1.82) is 0 Å².